The maximum absolute atomic E-state index is 13.2. The Morgan fingerprint density at radius 3 is 2.71 bits per heavy atom. The largest absolute Gasteiger partial charge is 0.506 e. The number of carbonyl (C=O) groups excluding carboxylic acids is 2. The average Bonchev–Trinajstić information content (AvgIpc) is 3.38. The number of amides is 2. The molecule has 6 heteroatoms. The number of aromatic nitrogens is 1. The molecule has 1 aromatic heterocycles. The molecule has 5 rings (SSSR count). The number of fused-ring (bicyclic) bond motifs is 1. The highest BCUT2D eigenvalue weighted by Gasteiger charge is 2.51. The summed E-state index contributed by atoms with van der Waals surface area (Å²) in [7, 11) is 0. The number of carbonyl (C=O) groups is 2. The van der Waals surface area contributed by atoms with Gasteiger partial charge in [-0.05, 0) is 37.0 Å². The third-order valence-electron chi connectivity index (χ3n) is 6.78. The van der Waals surface area contributed by atoms with Crippen molar-refractivity contribution in [1.29, 1.82) is 0 Å². The molecule has 2 amide bonds. The minimum atomic E-state index is -0.483. The van der Waals surface area contributed by atoms with E-state index < -0.39 is 5.41 Å². The lowest BCUT2D eigenvalue weighted by molar-refractivity contribution is -0.135. The molecule has 2 aromatic carbocycles. The topological polar surface area (TPSA) is 73.7 Å². The number of hydrogen-bond acceptors (Lipinski definition) is 4. The van der Waals surface area contributed by atoms with E-state index in [9.17, 15) is 14.7 Å². The fourth-order valence-electron chi connectivity index (χ4n) is 4.93. The summed E-state index contributed by atoms with van der Waals surface area (Å²) in [5.41, 5.74) is 1.02. The predicted octanol–water partition coefficient (Wildman–Crippen LogP) is 3.25. The van der Waals surface area contributed by atoms with Crippen LogP contribution in [0.15, 0.2) is 60.9 Å². The molecule has 1 N–H and O–H groups in total. The molecule has 1 spiro atoms. The first-order valence-corrected chi connectivity index (χ1v) is 10.8. The van der Waals surface area contributed by atoms with Crippen molar-refractivity contribution in [2.45, 2.75) is 19.3 Å². The molecule has 2 aliphatic rings. The number of phenolic OH excluding ortho intramolecular Hbond substituents is 1. The van der Waals surface area contributed by atoms with Crippen molar-refractivity contribution in [3.8, 4) is 5.75 Å². The Hall–Kier alpha value is -3.41. The summed E-state index contributed by atoms with van der Waals surface area (Å²) in [6.45, 7) is 2.39. The number of pyridine rings is 1. The van der Waals surface area contributed by atoms with Gasteiger partial charge in [-0.3, -0.25) is 14.6 Å². The van der Waals surface area contributed by atoms with E-state index in [1.807, 2.05) is 23.1 Å². The molecule has 2 saturated heterocycles. The molecule has 2 aliphatic heterocycles. The van der Waals surface area contributed by atoms with Crippen LogP contribution in [0.25, 0.3) is 10.8 Å². The second-order valence-corrected chi connectivity index (χ2v) is 8.59. The summed E-state index contributed by atoms with van der Waals surface area (Å²) in [6, 6.07) is 15.3. The summed E-state index contributed by atoms with van der Waals surface area (Å²) < 4.78 is 0. The van der Waals surface area contributed by atoms with Gasteiger partial charge in [-0.2, -0.15) is 0 Å². The molecular formula is C25H25N3O3. The van der Waals surface area contributed by atoms with Gasteiger partial charge in [0.15, 0.2) is 0 Å². The molecule has 2 fully saturated rings. The second kappa shape index (κ2) is 7.69. The number of hydrogen-bond donors (Lipinski definition) is 1. The van der Waals surface area contributed by atoms with Crippen molar-refractivity contribution in [3.63, 3.8) is 0 Å². The molecule has 3 heterocycles. The SMILES string of the molecule is O=C(c1ccc2cnccc2c1O)N1CCC2(CCN(CCc3ccccc3)C2=O)C1. The van der Waals surface area contributed by atoms with Gasteiger partial charge in [-0.15, -0.1) is 0 Å². The van der Waals surface area contributed by atoms with E-state index in [2.05, 4.69) is 17.1 Å². The molecular weight excluding hydrogens is 390 g/mol. The third kappa shape index (κ3) is 3.42. The van der Waals surface area contributed by atoms with E-state index in [1.54, 1.807) is 35.5 Å². The minimum absolute atomic E-state index is 0.0203. The first-order valence-electron chi connectivity index (χ1n) is 10.8. The van der Waals surface area contributed by atoms with Gasteiger partial charge in [-0.1, -0.05) is 36.4 Å². The zero-order valence-electron chi connectivity index (χ0n) is 17.3. The van der Waals surface area contributed by atoms with E-state index in [4.69, 9.17) is 0 Å². The van der Waals surface area contributed by atoms with Crippen LogP contribution in [0.2, 0.25) is 0 Å². The zero-order chi connectivity index (χ0) is 21.4. The van der Waals surface area contributed by atoms with Crippen molar-refractivity contribution in [2.75, 3.05) is 26.2 Å². The lowest BCUT2D eigenvalue weighted by Gasteiger charge is -2.24. The number of rotatable bonds is 4. The number of aromatic hydroxyl groups is 1. The van der Waals surface area contributed by atoms with E-state index in [1.165, 1.54) is 5.56 Å². The lowest BCUT2D eigenvalue weighted by atomic mass is 9.85. The number of phenols is 1. The Labute approximate surface area is 181 Å². The first kappa shape index (κ1) is 19.5. The highest BCUT2D eigenvalue weighted by Crippen LogP contribution is 2.41. The summed E-state index contributed by atoms with van der Waals surface area (Å²) in [5, 5.41) is 12.1. The van der Waals surface area contributed by atoms with Crippen molar-refractivity contribution >= 4 is 22.6 Å². The van der Waals surface area contributed by atoms with Gasteiger partial charge in [0.1, 0.15) is 5.75 Å². The number of likely N-dealkylation sites (tertiary alicyclic amines) is 2. The van der Waals surface area contributed by atoms with Crippen LogP contribution in [-0.2, 0) is 11.2 Å². The van der Waals surface area contributed by atoms with Crippen molar-refractivity contribution in [1.82, 2.24) is 14.8 Å². The Morgan fingerprint density at radius 1 is 1.06 bits per heavy atom. The Bertz CT molecular complexity index is 1150. The van der Waals surface area contributed by atoms with E-state index in [-0.39, 0.29) is 23.1 Å². The van der Waals surface area contributed by atoms with Crippen LogP contribution < -0.4 is 0 Å². The number of nitrogens with zero attached hydrogens (tertiary/aromatic N) is 3. The molecule has 31 heavy (non-hydrogen) atoms. The van der Waals surface area contributed by atoms with Gasteiger partial charge in [0.05, 0.1) is 11.0 Å². The fourth-order valence-corrected chi connectivity index (χ4v) is 4.93. The monoisotopic (exact) mass is 415 g/mol. The quantitative estimate of drug-likeness (QED) is 0.710. The maximum Gasteiger partial charge on any atom is 0.257 e. The summed E-state index contributed by atoms with van der Waals surface area (Å²) in [5.74, 6) is -0.0794. The highest BCUT2D eigenvalue weighted by molar-refractivity contribution is 6.03. The highest BCUT2D eigenvalue weighted by atomic mass is 16.3. The van der Waals surface area contributed by atoms with Gasteiger partial charge in [0, 0.05) is 49.3 Å². The molecule has 6 nitrogen and oxygen atoms in total. The number of benzene rings is 2. The van der Waals surface area contributed by atoms with Crippen molar-refractivity contribution in [3.05, 3.63) is 72.1 Å². The lowest BCUT2D eigenvalue weighted by Crippen LogP contribution is -2.39. The Morgan fingerprint density at radius 2 is 1.87 bits per heavy atom. The van der Waals surface area contributed by atoms with Crippen LogP contribution in [-0.4, -0.2) is 57.9 Å². The van der Waals surface area contributed by atoms with Crippen LogP contribution in [0.5, 0.6) is 5.75 Å². The van der Waals surface area contributed by atoms with Crippen LogP contribution in [0.1, 0.15) is 28.8 Å². The molecule has 0 saturated carbocycles. The third-order valence-corrected chi connectivity index (χ3v) is 6.78. The summed E-state index contributed by atoms with van der Waals surface area (Å²) >= 11 is 0. The molecule has 3 aromatic rings. The maximum atomic E-state index is 13.2. The van der Waals surface area contributed by atoms with Gasteiger partial charge < -0.3 is 14.9 Å². The Balaban J connectivity index is 1.29. The fraction of sp³-hybridized carbons (Fsp3) is 0.320. The van der Waals surface area contributed by atoms with E-state index >= 15 is 0 Å². The van der Waals surface area contributed by atoms with Crippen LogP contribution in [0.3, 0.4) is 0 Å². The van der Waals surface area contributed by atoms with Gasteiger partial charge in [0.2, 0.25) is 5.91 Å². The average molecular weight is 415 g/mol. The van der Waals surface area contributed by atoms with Gasteiger partial charge in [0.25, 0.3) is 5.91 Å². The zero-order valence-corrected chi connectivity index (χ0v) is 17.3. The second-order valence-electron chi connectivity index (χ2n) is 8.59. The molecule has 1 atom stereocenters. The standard InChI is InChI=1S/C25H25N3O3/c29-22-20-8-12-26-16-19(20)6-7-21(22)23(30)28-15-11-25(17-28)10-14-27(24(25)31)13-9-18-4-2-1-3-5-18/h1-8,12,16,29H,9-11,13-15,17H2. The molecule has 0 aliphatic carbocycles. The molecule has 0 bridgehead atoms. The van der Waals surface area contributed by atoms with Crippen molar-refractivity contribution in [2.24, 2.45) is 5.41 Å². The van der Waals surface area contributed by atoms with Crippen LogP contribution in [0, 0.1) is 5.41 Å². The van der Waals surface area contributed by atoms with Crippen LogP contribution >= 0.6 is 0 Å². The summed E-state index contributed by atoms with van der Waals surface area (Å²) in [6.07, 6.45) is 5.56. The predicted molar refractivity (Wildman–Crippen MR) is 118 cm³/mol. The smallest absolute Gasteiger partial charge is 0.257 e. The molecule has 158 valence electrons. The van der Waals surface area contributed by atoms with E-state index in [0.29, 0.717) is 31.4 Å². The van der Waals surface area contributed by atoms with Gasteiger partial charge in [-0.25, -0.2) is 0 Å². The van der Waals surface area contributed by atoms with Gasteiger partial charge >= 0.3 is 0 Å². The normalized spacial score (nSPS) is 20.8. The summed E-state index contributed by atoms with van der Waals surface area (Å²) in [4.78, 5) is 34.1. The molecule has 1 unspecified atom stereocenters. The van der Waals surface area contributed by atoms with Crippen molar-refractivity contribution < 1.29 is 14.7 Å². The Kier molecular flexibility index (Phi) is 4.85. The first-order chi connectivity index (χ1) is 15.1. The van der Waals surface area contributed by atoms with E-state index in [0.717, 1.165) is 24.8 Å². The molecule has 0 radical (unpaired) electrons. The van der Waals surface area contributed by atoms with Crippen LogP contribution in [0.4, 0.5) is 0 Å². The minimum Gasteiger partial charge on any atom is -0.506 e.